The highest BCUT2D eigenvalue weighted by molar-refractivity contribution is 5.86. The average molecular weight is 358 g/mol. The molecule has 0 saturated carbocycles. The summed E-state index contributed by atoms with van der Waals surface area (Å²) in [6.07, 6.45) is 1.47. The second-order valence-corrected chi connectivity index (χ2v) is 5.03. The largest absolute Gasteiger partial charge is 0.482 e. The number of nitrogens with zero attached hydrogens (tertiary/aromatic N) is 2. The van der Waals surface area contributed by atoms with Gasteiger partial charge in [-0.05, 0) is 29.8 Å². The summed E-state index contributed by atoms with van der Waals surface area (Å²) >= 11 is 0. The minimum Gasteiger partial charge on any atom is -0.482 e. The Morgan fingerprint density at radius 1 is 1.19 bits per heavy atom. The van der Waals surface area contributed by atoms with E-state index in [1.54, 1.807) is 36.4 Å². The molecule has 2 amide bonds. The monoisotopic (exact) mass is 358 g/mol. The molecule has 3 N–H and O–H groups in total. The van der Waals surface area contributed by atoms with Gasteiger partial charge in [0.05, 0.1) is 6.26 Å². The number of urea groups is 1. The lowest BCUT2D eigenvalue weighted by Crippen LogP contribution is -2.28. The number of furan rings is 1. The molecule has 0 aliphatic heterocycles. The fraction of sp³-hybridized carbons (Fsp3) is 0.125. The number of aromatic nitrogens is 2. The van der Waals surface area contributed by atoms with Crippen LogP contribution >= 0.6 is 0 Å². The van der Waals surface area contributed by atoms with Crippen molar-refractivity contribution in [2.24, 2.45) is 0 Å². The van der Waals surface area contributed by atoms with Gasteiger partial charge in [0, 0.05) is 6.54 Å². The quantitative estimate of drug-likeness (QED) is 0.583. The van der Waals surface area contributed by atoms with Crippen molar-refractivity contribution in [1.29, 1.82) is 0 Å². The summed E-state index contributed by atoms with van der Waals surface area (Å²) in [5.74, 6) is -0.133. The zero-order chi connectivity index (χ0) is 18.4. The minimum absolute atomic E-state index is 0.0764. The number of carboxylic acid groups (broad SMARTS) is 1. The van der Waals surface area contributed by atoms with Gasteiger partial charge in [0.25, 0.3) is 5.89 Å². The van der Waals surface area contributed by atoms with Crippen molar-refractivity contribution in [3.63, 3.8) is 0 Å². The standard InChI is InChI=1S/C16H14N4O6/c21-13(22)9-25-11-4-1-3-10(7-11)8-17-15(23)18-16-20-19-14(26-16)12-5-2-6-24-12/h1-7H,8-9H2,(H,21,22)(H2,17,18,20,23). The van der Waals surface area contributed by atoms with Gasteiger partial charge in [0.15, 0.2) is 12.4 Å². The fourth-order valence-electron chi connectivity index (χ4n) is 1.99. The lowest BCUT2D eigenvalue weighted by atomic mass is 10.2. The summed E-state index contributed by atoms with van der Waals surface area (Å²) in [6, 6.07) is 9.41. The van der Waals surface area contributed by atoms with Crippen molar-refractivity contribution in [3.05, 3.63) is 48.2 Å². The Morgan fingerprint density at radius 3 is 2.85 bits per heavy atom. The Hall–Kier alpha value is -3.82. The molecule has 0 radical (unpaired) electrons. The molecule has 2 aromatic heterocycles. The van der Waals surface area contributed by atoms with Crippen LogP contribution in [0.4, 0.5) is 10.8 Å². The van der Waals surface area contributed by atoms with Gasteiger partial charge in [-0.2, -0.15) is 0 Å². The van der Waals surface area contributed by atoms with Gasteiger partial charge in [-0.1, -0.05) is 17.2 Å². The maximum atomic E-state index is 11.9. The first kappa shape index (κ1) is 17.0. The highest BCUT2D eigenvalue weighted by Gasteiger charge is 2.12. The summed E-state index contributed by atoms with van der Waals surface area (Å²) in [4.78, 5) is 22.4. The van der Waals surface area contributed by atoms with Gasteiger partial charge in [-0.25, -0.2) is 9.59 Å². The molecule has 2 heterocycles. The van der Waals surface area contributed by atoms with E-state index in [1.165, 1.54) is 6.26 Å². The molecule has 10 heteroatoms. The predicted octanol–water partition coefficient (Wildman–Crippen LogP) is 2.11. The Bertz CT molecular complexity index is 890. The molecule has 0 spiro atoms. The number of hydrogen-bond donors (Lipinski definition) is 3. The average Bonchev–Trinajstić information content (AvgIpc) is 3.30. The second-order valence-electron chi connectivity index (χ2n) is 5.03. The van der Waals surface area contributed by atoms with E-state index in [1.807, 2.05) is 0 Å². The third-order valence-electron chi connectivity index (χ3n) is 3.09. The van der Waals surface area contributed by atoms with Gasteiger partial charge >= 0.3 is 18.0 Å². The number of amides is 2. The van der Waals surface area contributed by atoms with Gasteiger partial charge < -0.3 is 24.0 Å². The molecule has 26 heavy (non-hydrogen) atoms. The van der Waals surface area contributed by atoms with Gasteiger partial charge in [-0.3, -0.25) is 5.32 Å². The molecule has 0 unspecified atom stereocenters. The number of carbonyl (C=O) groups is 2. The van der Waals surface area contributed by atoms with Crippen LogP contribution in [0.3, 0.4) is 0 Å². The van der Waals surface area contributed by atoms with E-state index in [2.05, 4.69) is 20.8 Å². The van der Waals surface area contributed by atoms with Crippen LogP contribution in [0.2, 0.25) is 0 Å². The number of ether oxygens (including phenoxy) is 1. The minimum atomic E-state index is -1.07. The molecule has 3 aromatic rings. The summed E-state index contributed by atoms with van der Waals surface area (Å²) in [6.45, 7) is -0.248. The summed E-state index contributed by atoms with van der Waals surface area (Å²) < 4.78 is 15.5. The zero-order valence-electron chi connectivity index (χ0n) is 13.3. The lowest BCUT2D eigenvalue weighted by molar-refractivity contribution is -0.139. The molecule has 0 saturated heterocycles. The van der Waals surface area contributed by atoms with Crippen LogP contribution in [0, 0.1) is 0 Å². The van der Waals surface area contributed by atoms with Crippen molar-refractivity contribution in [3.8, 4) is 17.4 Å². The van der Waals surface area contributed by atoms with E-state index >= 15 is 0 Å². The van der Waals surface area contributed by atoms with E-state index in [4.69, 9.17) is 18.7 Å². The lowest BCUT2D eigenvalue weighted by Gasteiger charge is -2.07. The van der Waals surface area contributed by atoms with Crippen molar-refractivity contribution < 1.29 is 28.3 Å². The van der Waals surface area contributed by atoms with E-state index in [-0.39, 0.29) is 18.5 Å². The number of anilines is 1. The van der Waals surface area contributed by atoms with Crippen LogP contribution in [0.25, 0.3) is 11.7 Å². The smallest absolute Gasteiger partial charge is 0.341 e. The summed E-state index contributed by atoms with van der Waals surface area (Å²) in [5, 5.41) is 21.1. The fourth-order valence-corrected chi connectivity index (χ4v) is 1.99. The molecule has 10 nitrogen and oxygen atoms in total. The highest BCUT2D eigenvalue weighted by Crippen LogP contribution is 2.19. The normalized spacial score (nSPS) is 10.3. The van der Waals surface area contributed by atoms with Gasteiger partial charge in [0.2, 0.25) is 0 Å². The van der Waals surface area contributed by atoms with E-state index in [0.717, 1.165) is 5.56 Å². The zero-order valence-corrected chi connectivity index (χ0v) is 13.3. The van der Waals surface area contributed by atoms with Crippen molar-refractivity contribution >= 4 is 18.0 Å². The molecular weight excluding hydrogens is 344 g/mol. The van der Waals surface area contributed by atoms with E-state index in [0.29, 0.717) is 11.5 Å². The van der Waals surface area contributed by atoms with Crippen LogP contribution in [-0.4, -0.2) is 33.9 Å². The maximum Gasteiger partial charge on any atom is 0.341 e. The number of carboxylic acids is 1. The first-order valence-electron chi connectivity index (χ1n) is 7.46. The van der Waals surface area contributed by atoms with E-state index in [9.17, 15) is 9.59 Å². The first-order chi connectivity index (χ1) is 12.6. The topological polar surface area (TPSA) is 140 Å². The van der Waals surface area contributed by atoms with Gasteiger partial charge in [0.1, 0.15) is 5.75 Å². The third kappa shape index (κ3) is 4.60. The third-order valence-corrected chi connectivity index (χ3v) is 3.09. The van der Waals surface area contributed by atoms with Crippen molar-refractivity contribution in [1.82, 2.24) is 15.5 Å². The Kier molecular flexibility index (Phi) is 5.13. The molecule has 134 valence electrons. The highest BCUT2D eigenvalue weighted by atomic mass is 16.5. The second kappa shape index (κ2) is 7.83. The maximum absolute atomic E-state index is 11.9. The van der Waals surface area contributed by atoms with Gasteiger partial charge in [-0.15, -0.1) is 5.10 Å². The van der Waals surface area contributed by atoms with Crippen molar-refractivity contribution in [2.45, 2.75) is 6.54 Å². The molecule has 0 fully saturated rings. The number of nitrogens with one attached hydrogen (secondary N) is 2. The number of hydrogen-bond acceptors (Lipinski definition) is 7. The summed E-state index contributed by atoms with van der Waals surface area (Å²) in [7, 11) is 0. The van der Waals surface area contributed by atoms with Crippen LogP contribution in [-0.2, 0) is 11.3 Å². The van der Waals surface area contributed by atoms with Crippen molar-refractivity contribution in [2.75, 3.05) is 11.9 Å². The van der Waals surface area contributed by atoms with Crippen LogP contribution in [0.15, 0.2) is 51.5 Å². The number of rotatable bonds is 7. The number of aliphatic carboxylic acids is 1. The number of benzene rings is 1. The van der Waals surface area contributed by atoms with E-state index < -0.39 is 18.6 Å². The number of carbonyl (C=O) groups excluding carboxylic acids is 1. The Balaban J connectivity index is 1.51. The molecule has 3 rings (SSSR count). The van der Waals surface area contributed by atoms with Crippen LogP contribution in [0.5, 0.6) is 5.75 Å². The Morgan fingerprint density at radius 2 is 2.08 bits per heavy atom. The Labute approximate surface area is 146 Å². The molecule has 1 aromatic carbocycles. The molecular formula is C16H14N4O6. The first-order valence-corrected chi connectivity index (χ1v) is 7.46. The summed E-state index contributed by atoms with van der Waals surface area (Å²) in [5.41, 5.74) is 0.727. The van der Waals surface area contributed by atoms with Crippen LogP contribution < -0.4 is 15.4 Å². The predicted molar refractivity (Wildman–Crippen MR) is 87.4 cm³/mol. The molecule has 0 atom stereocenters. The molecule has 0 bridgehead atoms. The molecule has 0 aliphatic rings. The molecule has 0 aliphatic carbocycles. The van der Waals surface area contributed by atoms with Crippen LogP contribution in [0.1, 0.15) is 5.56 Å². The SMILES string of the molecule is O=C(O)COc1cccc(CNC(=O)Nc2nnc(-c3ccco3)o2)c1.